The molecule has 0 aliphatic heterocycles. The highest BCUT2D eigenvalue weighted by Gasteiger charge is 2.16. The third-order valence-electron chi connectivity index (χ3n) is 3.73. The molecule has 1 aromatic heterocycles. The third kappa shape index (κ3) is 3.93. The monoisotopic (exact) mass is 364 g/mol. The lowest BCUT2D eigenvalue weighted by molar-refractivity contribution is -0.598. The predicted molar refractivity (Wildman–Crippen MR) is 97.3 cm³/mol. The van der Waals surface area contributed by atoms with Crippen LogP contribution in [-0.2, 0) is 0 Å². The molecule has 27 heavy (non-hydrogen) atoms. The van der Waals surface area contributed by atoms with E-state index in [0.29, 0.717) is 15.9 Å². The standard InChI is InChI=1S/C18H12N4O5/c23-20-15(7-4-13-5-8-16(9-6-13)21(24)25)10-11-19-18(20)14-2-1-3-17(12-14)22(26)27/h1-12H/b7-4+. The topological polar surface area (TPSA) is 126 Å². The maximum atomic E-state index is 12.6. The summed E-state index contributed by atoms with van der Waals surface area (Å²) in [4.78, 5) is 24.6. The normalized spacial score (nSPS) is 10.8. The fourth-order valence-electron chi connectivity index (χ4n) is 2.39. The summed E-state index contributed by atoms with van der Waals surface area (Å²) in [6.45, 7) is 0. The Morgan fingerprint density at radius 1 is 0.889 bits per heavy atom. The van der Waals surface area contributed by atoms with Crippen molar-refractivity contribution in [1.29, 1.82) is 0 Å². The zero-order valence-corrected chi connectivity index (χ0v) is 13.8. The van der Waals surface area contributed by atoms with Gasteiger partial charge in [-0.05, 0) is 34.8 Å². The Kier molecular flexibility index (Phi) is 4.84. The predicted octanol–water partition coefficient (Wildman–Crippen LogP) is 3.37. The number of hydrogen-bond donors (Lipinski definition) is 0. The highest BCUT2D eigenvalue weighted by atomic mass is 16.6. The van der Waals surface area contributed by atoms with Crippen LogP contribution in [0.15, 0.2) is 60.8 Å². The Morgan fingerprint density at radius 2 is 1.59 bits per heavy atom. The Bertz CT molecular complexity index is 1050. The Morgan fingerprint density at radius 3 is 2.26 bits per heavy atom. The van der Waals surface area contributed by atoms with E-state index in [2.05, 4.69) is 4.98 Å². The molecule has 0 saturated carbocycles. The molecule has 3 aromatic rings. The highest BCUT2D eigenvalue weighted by molar-refractivity contribution is 5.68. The molecule has 0 aliphatic rings. The maximum absolute atomic E-state index is 12.6. The molecule has 0 N–H and O–H groups in total. The summed E-state index contributed by atoms with van der Waals surface area (Å²) in [5.41, 5.74) is 1.10. The molecule has 0 radical (unpaired) electrons. The molecule has 3 rings (SSSR count). The van der Waals surface area contributed by atoms with Crippen LogP contribution in [0.5, 0.6) is 0 Å². The van der Waals surface area contributed by atoms with Crippen molar-refractivity contribution in [2.24, 2.45) is 0 Å². The first kappa shape index (κ1) is 17.7. The molecule has 1 heterocycles. The molecule has 0 bridgehead atoms. The quantitative estimate of drug-likeness (QED) is 0.296. The molecule has 0 saturated heterocycles. The van der Waals surface area contributed by atoms with Gasteiger partial charge in [-0.15, -0.1) is 0 Å². The van der Waals surface area contributed by atoms with Gasteiger partial charge in [-0.2, -0.15) is 0 Å². The van der Waals surface area contributed by atoms with Crippen LogP contribution in [0.4, 0.5) is 11.4 Å². The van der Waals surface area contributed by atoms with Crippen molar-refractivity contribution in [3.8, 4) is 11.4 Å². The number of nitro groups is 2. The van der Waals surface area contributed by atoms with Gasteiger partial charge in [-0.25, -0.2) is 4.73 Å². The van der Waals surface area contributed by atoms with E-state index >= 15 is 0 Å². The zero-order chi connectivity index (χ0) is 19.4. The number of aromatic nitrogens is 2. The van der Waals surface area contributed by atoms with Crippen LogP contribution in [0.2, 0.25) is 0 Å². The van der Waals surface area contributed by atoms with Crippen molar-refractivity contribution in [2.45, 2.75) is 0 Å². The number of nitrogens with zero attached hydrogens (tertiary/aromatic N) is 4. The lowest BCUT2D eigenvalue weighted by Gasteiger charge is -2.09. The minimum atomic E-state index is -0.545. The Hall–Kier alpha value is -4.14. The van der Waals surface area contributed by atoms with E-state index in [0.717, 1.165) is 0 Å². The molecule has 0 amide bonds. The summed E-state index contributed by atoms with van der Waals surface area (Å²) in [5.74, 6) is 0.0320. The first-order valence-electron chi connectivity index (χ1n) is 7.71. The second-order valence-electron chi connectivity index (χ2n) is 5.48. The molecular weight excluding hydrogens is 352 g/mol. The van der Waals surface area contributed by atoms with Crippen molar-refractivity contribution in [3.05, 3.63) is 97.5 Å². The minimum absolute atomic E-state index is 0.0251. The highest BCUT2D eigenvalue weighted by Crippen LogP contribution is 2.20. The third-order valence-corrected chi connectivity index (χ3v) is 3.73. The van der Waals surface area contributed by atoms with Crippen molar-refractivity contribution in [1.82, 2.24) is 4.98 Å². The van der Waals surface area contributed by atoms with E-state index in [-0.39, 0.29) is 22.9 Å². The smallest absolute Gasteiger partial charge is 0.333 e. The molecule has 0 unspecified atom stereocenters. The summed E-state index contributed by atoms with van der Waals surface area (Å²) in [7, 11) is 0. The molecule has 134 valence electrons. The molecule has 9 nitrogen and oxygen atoms in total. The molecule has 2 aromatic carbocycles. The van der Waals surface area contributed by atoms with Gasteiger partial charge in [0.2, 0.25) is 0 Å². The van der Waals surface area contributed by atoms with E-state index in [4.69, 9.17) is 0 Å². The van der Waals surface area contributed by atoms with E-state index in [1.807, 2.05) is 0 Å². The van der Waals surface area contributed by atoms with Crippen LogP contribution in [0.3, 0.4) is 0 Å². The van der Waals surface area contributed by atoms with E-state index in [9.17, 15) is 25.4 Å². The average Bonchev–Trinajstić information content (AvgIpc) is 2.67. The van der Waals surface area contributed by atoms with Crippen LogP contribution < -0.4 is 4.73 Å². The largest absolute Gasteiger partial charge is 0.710 e. The fraction of sp³-hybridized carbons (Fsp3) is 0. The van der Waals surface area contributed by atoms with Gasteiger partial charge < -0.3 is 5.21 Å². The molecule has 0 fully saturated rings. The number of non-ortho nitro benzene ring substituents is 2. The van der Waals surface area contributed by atoms with Gasteiger partial charge in [0.1, 0.15) is 11.9 Å². The second-order valence-corrected chi connectivity index (χ2v) is 5.48. The van der Waals surface area contributed by atoms with E-state index < -0.39 is 9.85 Å². The van der Waals surface area contributed by atoms with Crippen LogP contribution in [0.1, 0.15) is 11.3 Å². The molecule has 0 spiro atoms. The lowest BCUT2D eigenvalue weighted by atomic mass is 10.1. The van der Waals surface area contributed by atoms with Gasteiger partial charge in [0.25, 0.3) is 11.4 Å². The first-order chi connectivity index (χ1) is 13.0. The summed E-state index contributed by atoms with van der Waals surface area (Å²) in [5, 5.41) is 34.1. The van der Waals surface area contributed by atoms with Crippen LogP contribution in [-0.4, -0.2) is 14.8 Å². The second kappa shape index (κ2) is 7.40. The number of hydrogen-bond acceptors (Lipinski definition) is 6. The number of nitro benzene ring substituents is 2. The SMILES string of the molecule is O=[N+]([O-])c1ccc(/C=C/c2ccnc(-c3cccc([N+](=O)[O-])c3)[n+]2[O-])cc1. The van der Waals surface area contributed by atoms with Crippen LogP contribution in [0, 0.1) is 25.4 Å². The van der Waals surface area contributed by atoms with Gasteiger partial charge in [0, 0.05) is 30.3 Å². The average molecular weight is 364 g/mol. The van der Waals surface area contributed by atoms with Crippen molar-refractivity contribution in [2.75, 3.05) is 0 Å². The zero-order valence-electron chi connectivity index (χ0n) is 13.8. The Balaban J connectivity index is 1.92. The summed E-state index contributed by atoms with van der Waals surface area (Å²) < 4.78 is 0.570. The molecular formula is C18H12N4O5. The molecule has 0 atom stereocenters. The van der Waals surface area contributed by atoms with E-state index in [1.165, 1.54) is 48.7 Å². The van der Waals surface area contributed by atoms with Gasteiger partial charge in [0.15, 0.2) is 0 Å². The lowest BCUT2D eigenvalue weighted by Crippen LogP contribution is -2.33. The summed E-state index contributed by atoms with van der Waals surface area (Å²) in [6, 6.07) is 13.0. The first-order valence-corrected chi connectivity index (χ1v) is 7.71. The maximum Gasteiger partial charge on any atom is 0.333 e. The van der Waals surface area contributed by atoms with Gasteiger partial charge >= 0.3 is 5.82 Å². The van der Waals surface area contributed by atoms with Gasteiger partial charge in [0.05, 0.1) is 15.4 Å². The van der Waals surface area contributed by atoms with Gasteiger partial charge in [-0.3, -0.25) is 20.2 Å². The Labute approximate surface area is 152 Å². The van der Waals surface area contributed by atoms with Crippen molar-refractivity contribution < 1.29 is 14.6 Å². The number of benzene rings is 2. The van der Waals surface area contributed by atoms with E-state index in [1.54, 1.807) is 24.3 Å². The fourth-order valence-corrected chi connectivity index (χ4v) is 2.39. The number of rotatable bonds is 5. The summed E-state index contributed by atoms with van der Waals surface area (Å²) in [6.07, 6.45) is 4.60. The van der Waals surface area contributed by atoms with Crippen LogP contribution in [0.25, 0.3) is 23.5 Å². The molecule has 9 heteroatoms. The minimum Gasteiger partial charge on any atom is -0.710 e. The summed E-state index contributed by atoms with van der Waals surface area (Å²) >= 11 is 0. The van der Waals surface area contributed by atoms with Crippen molar-refractivity contribution in [3.63, 3.8) is 0 Å². The molecule has 0 aliphatic carbocycles. The van der Waals surface area contributed by atoms with Crippen molar-refractivity contribution >= 4 is 23.5 Å². The van der Waals surface area contributed by atoms with Crippen LogP contribution >= 0.6 is 0 Å². The van der Waals surface area contributed by atoms with Gasteiger partial charge in [-0.1, -0.05) is 12.1 Å².